The maximum atomic E-state index is 13.0. The second-order valence-corrected chi connectivity index (χ2v) is 21.8. The first kappa shape index (κ1) is 70.6. The summed E-state index contributed by atoms with van der Waals surface area (Å²) in [5, 5.41) is 214. The zero-order valence-corrected chi connectivity index (χ0v) is 46.5. The molecule has 86 heavy (non-hydrogen) atoms. The minimum atomic E-state index is -2.40. The fourth-order valence-electron chi connectivity index (χ4n) is 11.0. The summed E-state index contributed by atoms with van der Waals surface area (Å²) in [5.41, 5.74) is 0. The van der Waals surface area contributed by atoms with E-state index >= 15 is 0 Å². The SMILES string of the molecule is CC(=O)N[C@@H]1[C@@H](O[C@H]2O[C@H](C)[C@H](O)[C@H](O)[C@H]2O)[C@H](O[C@@H]2O[C@H](CO)[C@@H](O[C@@H]3O[C@H](CO[C@H]4O[C@H](CO)[C@@H](O)[C@H](O)[C@@H]4O)[C@@H](O)[C@H](O[C@H]4O[C@H](CO)[C@@H](O)[C@H](O)[C@@H]4O[C@@H]4O[C@H](CO)[C@@H](O)[C@H](O)[C@H]4NC(C)=O)[C@@H]3O)[C@H](O)[C@H]2NC(C)=O)[C@@H](CO)O[C@H]1O. The van der Waals surface area contributed by atoms with Crippen LogP contribution in [0.15, 0.2) is 0 Å². The molecule has 7 saturated heterocycles. The van der Waals surface area contributed by atoms with Crippen LogP contribution in [-0.2, 0) is 76.0 Å². The van der Waals surface area contributed by atoms with Gasteiger partial charge in [0.15, 0.2) is 44.0 Å². The Labute approximate surface area is 488 Å². The molecule has 7 aliphatic heterocycles. The van der Waals surface area contributed by atoms with Gasteiger partial charge in [-0.1, -0.05) is 0 Å². The van der Waals surface area contributed by atoms with Crippen molar-refractivity contribution < 1.29 is 173 Å². The molecule has 3 amide bonds. The zero-order chi connectivity index (χ0) is 63.5. The Bertz CT molecular complexity index is 2170. The van der Waals surface area contributed by atoms with Crippen LogP contribution in [0, 0.1) is 0 Å². The zero-order valence-electron chi connectivity index (χ0n) is 46.5. The molecule has 0 saturated carbocycles. The molecule has 22 N–H and O–H groups in total. The molecule has 35 atom stereocenters. The Morgan fingerprint density at radius 2 is 0.721 bits per heavy atom. The molecule has 7 rings (SSSR count). The first-order valence-corrected chi connectivity index (χ1v) is 27.5. The van der Waals surface area contributed by atoms with Crippen molar-refractivity contribution in [2.24, 2.45) is 0 Å². The van der Waals surface area contributed by atoms with Crippen molar-refractivity contribution >= 4 is 17.7 Å². The van der Waals surface area contributed by atoms with Crippen LogP contribution in [0.2, 0.25) is 0 Å². The van der Waals surface area contributed by atoms with Gasteiger partial charge in [0.2, 0.25) is 17.7 Å². The van der Waals surface area contributed by atoms with Crippen molar-refractivity contribution in [1.29, 1.82) is 0 Å². The minimum Gasteiger partial charge on any atom is -0.394 e. The Hall–Kier alpha value is -2.87. The molecule has 0 aromatic rings. The van der Waals surface area contributed by atoms with Crippen LogP contribution in [0.5, 0.6) is 0 Å². The molecule has 0 aliphatic carbocycles. The molecule has 7 fully saturated rings. The molecule has 7 heterocycles. The van der Waals surface area contributed by atoms with Crippen molar-refractivity contribution in [3.05, 3.63) is 0 Å². The van der Waals surface area contributed by atoms with Gasteiger partial charge in [-0.3, -0.25) is 14.4 Å². The first-order chi connectivity index (χ1) is 40.6. The van der Waals surface area contributed by atoms with E-state index in [-0.39, 0.29) is 0 Å². The van der Waals surface area contributed by atoms with E-state index in [0.29, 0.717) is 0 Å². The lowest BCUT2D eigenvalue weighted by Crippen LogP contribution is -2.71. The lowest BCUT2D eigenvalue weighted by Gasteiger charge is -2.51. The number of amides is 3. The van der Waals surface area contributed by atoms with Gasteiger partial charge in [-0.15, -0.1) is 0 Å². The maximum Gasteiger partial charge on any atom is 0.217 e. The summed E-state index contributed by atoms with van der Waals surface area (Å²) in [6.45, 7) is -1.71. The highest BCUT2D eigenvalue weighted by molar-refractivity contribution is 5.74. The van der Waals surface area contributed by atoms with Gasteiger partial charge in [-0.05, 0) is 6.92 Å². The lowest BCUT2D eigenvalue weighted by atomic mass is 9.93. The fraction of sp³-hybridized carbons (Fsp3) is 0.938. The molecule has 0 radical (unpaired) electrons. The average Bonchev–Trinajstić information content (AvgIpc) is 0.872. The summed E-state index contributed by atoms with van der Waals surface area (Å²) in [4.78, 5) is 37.8. The molecular weight excluding hydrogens is 1180 g/mol. The van der Waals surface area contributed by atoms with E-state index in [2.05, 4.69) is 16.0 Å². The molecule has 498 valence electrons. The smallest absolute Gasteiger partial charge is 0.217 e. The van der Waals surface area contributed by atoms with E-state index in [9.17, 15) is 111 Å². The fourth-order valence-corrected chi connectivity index (χ4v) is 11.0. The molecular formula is C48H81N3O35. The summed E-state index contributed by atoms with van der Waals surface area (Å²) in [5.74, 6) is -2.52. The van der Waals surface area contributed by atoms with Crippen molar-refractivity contribution in [1.82, 2.24) is 16.0 Å². The molecule has 38 nitrogen and oxygen atoms in total. The van der Waals surface area contributed by atoms with Gasteiger partial charge in [-0.25, -0.2) is 0 Å². The molecule has 38 heteroatoms. The Morgan fingerprint density at radius 3 is 1.28 bits per heavy atom. The van der Waals surface area contributed by atoms with Gasteiger partial charge in [0.05, 0.1) is 45.7 Å². The number of aliphatic hydroxyl groups is 19. The molecule has 0 aromatic heterocycles. The van der Waals surface area contributed by atoms with Crippen LogP contribution in [0.3, 0.4) is 0 Å². The van der Waals surface area contributed by atoms with E-state index in [1.54, 1.807) is 0 Å². The Kier molecular flexibility index (Phi) is 25.0. The van der Waals surface area contributed by atoms with Gasteiger partial charge in [0.25, 0.3) is 0 Å². The number of aliphatic hydroxyl groups excluding tert-OH is 19. The summed E-state index contributed by atoms with van der Waals surface area (Å²) < 4.78 is 76.3. The van der Waals surface area contributed by atoms with E-state index in [0.717, 1.165) is 20.8 Å². The molecule has 0 spiro atoms. The summed E-state index contributed by atoms with van der Waals surface area (Å²) in [7, 11) is 0. The maximum absolute atomic E-state index is 13.0. The normalized spacial score (nSPS) is 49.4. The van der Waals surface area contributed by atoms with Crippen molar-refractivity contribution in [3.63, 3.8) is 0 Å². The monoisotopic (exact) mass is 1260 g/mol. The Balaban J connectivity index is 1.21. The third-order valence-corrected chi connectivity index (χ3v) is 15.7. The highest BCUT2D eigenvalue weighted by Gasteiger charge is 2.59. The third-order valence-electron chi connectivity index (χ3n) is 15.7. The standard InChI is InChI=1S/C48H81N3O35/c1-11-24(60)31(67)35(71)46(75-11)84-39-23(51-14(4)59)42(73)76-19(9-56)38(39)83-44-22(50-13(3)58)30(66)37(18(8-55)80-44)82-47-36(72)40(28(64)20(81-47)10-74-45-34(70)32(68)26(62)16(6-53)78-45)85-48-41(33(69)27(63)17(7-54)79-48)86-43-21(49-12(2)57)29(65)25(61)15(5-52)77-43/h11,15-48,52-56,60-73H,5-10H2,1-4H3,(H,49,57)(H,50,58)(H,51,59)/t11-,15-,16-,17-,18-,19-,20-,21-,22-,23-,24+,25-,26-,27-,28-,29-,30-,31+,32+,33+,34+,35-,36+,37-,38-,39-,40+,41+,42-,43+,44+,45+,46-,47+,48-/m1/s1. The van der Waals surface area contributed by atoms with Crippen molar-refractivity contribution in [2.75, 3.05) is 39.6 Å². The van der Waals surface area contributed by atoms with Gasteiger partial charge in [0.1, 0.15) is 165 Å². The van der Waals surface area contributed by atoms with Gasteiger partial charge >= 0.3 is 0 Å². The van der Waals surface area contributed by atoms with Gasteiger partial charge in [-0.2, -0.15) is 0 Å². The molecule has 0 aromatic carbocycles. The summed E-state index contributed by atoms with van der Waals surface area (Å²) in [6, 6.07) is -5.25. The Morgan fingerprint density at radius 1 is 0.326 bits per heavy atom. The van der Waals surface area contributed by atoms with Crippen molar-refractivity contribution in [3.8, 4) is 0 Å². The van der Waals surface area contributed by atoms with E-state index in [1.807, 2.05) is 0 Å². The van der Waals surface area contributed by atoms with Gasteiger partial charge in [0, 0.05) is 20.8 Å². The van der Waals surface area contributed by atoms with E-state index in [1.165, 1.54) is 6.92 Å². The largest absolute Gasteiger partial charge is 0.394 e. The second kappa shape index (κ2) is 30.5. The average molecular weight is 1260 g/mol. The summed E-state index contributed by atoms with van der Waals surface area (Å²) in [6.07, 6.45) is -62.1. The third kappa shape index (κ3) is 15.4. The first-order valence-electron chi connectivity index (χ1n) is 27.5. The number of carbonyl (C=O) groups excluding carboxylic acids is 3. The van der Waals surface area contributed by atoms with Crippen LogP contribution in [0.4, 0.5) is 0 Å². The molecule has 7 aliphatic rings. The number of nitrogens with one attached hydrogen (secondary N) is 3. The quantitative estimate of drug-likeness (QED) is 0.0507. The highest BCUT2D eigenvalue weighted by atomic mass is 16.8. The number of hydrogen-bond acceptors (Lipinski definition) is 35. The topological polar surface area (TPSA) is 592 Å². The lowest BCUT2D eigenvalue weighted by molar-refractivity contribution is -0.395. The van der Waals surface area contributed by atoms with Crippen molar-refractivity contribution in [2.45, 2.75) is 242 Å². The number of rotatable bonds is 21. The number of ether oxygens (including phenoxy) is 13. The minimum absolute atomic E-state index is 0.799. The van der Waals surface area contributed by atoms with Crippen LogP contribution in [-0.4, -0.2) is 369 Å². The van der Waals surface area contributed by atoms with Crippen LogP contribution in [0.25, 0.3) is 0 Å². The summed E-state index contributed by atoms with van der Waals surface area (Å²) >= 11 is 0. The predicted molar refractivity (Wildman–Crippen MR) is 265 cm³/mol. The predicted octanol–water partition coefficient (Wildman–Crippen LogP) is -14.8. The van der Waals surface area contributed by atoms with Crippen LogP contribution in [0.1, 0.15) is 27.7 Å². The van der Waals surface area contributed by atoms with Gasteiger partial charge < -0.3 is 175 Å². The van der Waals surface area contributed by atoms with E-state index in [4.69, 9.17) is 61.6 Å². The van der Waals surface area contributed by atoms with E-state index < -0.39 is 272 Å². The number of carbonyl (C=O) groups is 3. The number of hydrogen-bond donors (Lipinski definition) is 22. The van der Waals surface area contributed by atoms with Crippen LogP contribution >= 0.6 is 0 Å². The highest BCUT2D eigenvalue weighted by Crippen LogP contribution is 2.38. The van der Waals surface area contributed by atoms with Crippen LogP contribution < -0.4 is 16.0 Å². The molecule has 0 bridgehead atoms. The molecule has 0 unspecified atom stereocenters. The second-order valence-electron chi connectivity index (χ2n) is 21.8.